The molecule has 1 aliphatic rings. The SMILES string of the molecule is OC(c1cc(C(F)(F)F)nc2c(C(F)(F)F)cccc12)[C@H]1CCCCN1. The number of halogens is 6. The van der Waals surface area contributed by atoms with Crippen LogP contribution in [0.1, 0.15) is 42.2 Å². The zero-order valence-corrected chi connectivity index (χ0v) is 13.5. The Morgan fingerprint density at radius 3 is 2.38 bits per heavy atom. The minimum Gasteiger partial charge on any atom is -0.387 e. The summed E-state index contributed by atoms with van der Waals surface area (Å²) in [5.41, 5.74) is -3.72. The van der Waals surface area contributed by atoms with Crippen molar-refractivity contribution in [2.45, 2.75) is 43.8 Å². The van der Waals surface area contributed by atoms with Gasteiger partial charge in [0.25, 0.3) is 0 Å². The van der Waals surface area contributed by atoms with Gasteiger partial charge in [0.15, 0.2) is 0 Å². The fourth-order valence-corrected chi connectivity index (χ4v) is 3.26. The van der Waals surface area contributed by atoms with Gasteiger partial charge in [-0.1, -0.05) is 18.6 Å². The molecule has 0 amide bonds. The van der Waals surface area contributed by atoms with Gasteiger partial charge in [-0.15, -0.1) is 0 Å². The van der Waals surface area contributed by atoms with Crippen molar-refractivity contribution < 1.29 is 31.4 Å². The Balaban J connectivity index is 2.23. The number of rotatable bonds is 2. The summed E-state index contributed by atoms with van der Waals surface area (Å²) >= 11 is 0. The van der Waals surface area contributed by atoms with Crippen molar-refractivity contribution in [1.82, 2.24) is 10.3 Å². The first-order valence-electron chi connectivity index (χ1n) is 8.08. The normalized spacial score (nSPS) is 20.3. The Morgan fingerprint density at radius 2 is 1.81 bits per heavy atom. The molecule has 9 heteroatoms. The van der Waals surface area contributed by atoms with E-state index >= 15 is 0 Å². The highest BCUT2D eigenvalue weighted by Crippen LogP contribution is 2.39. The molecule has 1 aromatic heterocycles. The van der Waals surface area contributed by atoms with E-state index in [2.05, 4.69) is 10.3 Å². The molecule has 0 aliphatic carbocycles. The largest absolute Gasteiger partial charge is 0.433 e. The van der Waals surface area contributed by atoms with Gasteiger partial charge in [-0.3, -0.25) is 0 Å². The van der Waals surface area contributed by atoms with Gasteiger partial charge in [-0.05, 0) is 37.1 Å². The number of hydrogen-bond donors (Lipinski definition) is 2. The molecule has 3 rings (SSSR count). The smallest absolute Gasteiger partial charge is 0.387 e. The number of aliphatic hydroxyl groups excluding tert-OH is 1. The van der Waals surface area contributed by atoms with Gasteiger partial charge in [0.1, 0.15) is 5.69 Å². The minimum atomic E-state index is -4.93. The number of hydrogen-bond acceptors (Lipinski definition) is 3. The second-order valence-corrected chi connectivity index (χ2v) is 6.30. The highest BCUT2D eigenvalue weighted by atomic mass is 19.4. The van der Waals surface area contributed by atoms with Crippen molar-refractivity contribution >= 4 is 10.9 Å². The van der Waals surface area contributed by atoms with E-state index < -0.39 is 41.3 Å². The number of fused-ring (bicyclic) bond motifs is 1. The number of para-hydroxylation sites is 1. The molecule has 0 bridgehead atoms. The number of aromatic nitrogens is 1. The van der Waals surface area contributed by atoms with E-state index in [-0.39, 0.29) is 10.9 Å². The standard InChI is InChI=1S/C17H16F6N2O/c18-16(19,20)11-5-3-4-9-10(15(26)12-6-1-2-7-24-12)8-13(17(21,22)23)25-14(9)11/h3-5,8,12,15,24,26H,1-2,6-7H2/t12-,15?/m1/s1. The third kappa shape index (κ3) is 3.64. The molecule has 142 valence electrons. The van der Waals surface area contributed by atoms with Gasteiger partial charge >= 0.3 is 12.4 Å². The molecule has 1 aliphatic heterocycles. The molecule has 1 aromatic carbocycles. The minimum absolute atomic E-state index is 0.132. The molecule has 26 heavy (non-hydrogen) atoms. The first-order chi connectivity index (χ1) is 12.1. The summed E-state index contributed by atoms with van der Waals surface area (Å²) in [5, 5.41) is 13.5. The highest BCUT2D eigenvalue weighted by Gasteiger charge is 2.38. The average molecular weight is 378 g/mol. The molecular formula is C17H16F6N2O. The summed E-state index contributed by atoms with van der Waals surface area (Å²) in [6.07, 6.45) is -9.00. The van der Waals surface area contributed by atoms with Crippen LogP contribution in [-0.4, -0.2) is 22.7 Å². The Labute approximate surface area is 145 Å². The molecular weight excluding hydrogens is 362 g/mol. The van der Waals surface area contributed by atoms with Crippen molar-refractivity contribution in [2.75, 3.05) is 6.54 Å². The number of benzene rings is 1. The molecule has 2 N–H and O–H groups in total. The number of nitrogens with one attached hydrogen (secondary N) is 1. The predicted octanol–water partition coefficient (Wildman–Crippen LogP) is 4.45. The lowest BCUT2D eigenvalue weighted by molar-refractivity contribution is -0.142. The van der Waals surface area contributed by atoms with Gasteiger partial charge in [0, 0.05) is 11.4 Å². The van der Waals surface area contributed by atoms with Crippen molar-refractivity contribution in [1.29, 1.82) is 0 Å². The fourth-order valence-electron chi connectivity index (χ4n) is 3.26. The number of piperidine rings is 1. The number of pyridine rings is 1. The first kappa shape index (κ1) is 18.9. The van der Waals surface area contributed by atoms with Crippen LogP contribution in [0.5, 0.6) is 0 Å². The molecule has 0 radical (unpaired) electrons. The Morgan fingerprint density at radius 1 is 1.08 bits per heavy atom. The van der Waals surface area contributed by atoms with Gasteiger partial charge in [-0.25, -0.2) is 4.98 Å². The van der Waals surface area contributed by atoms with Gasteiger partial charge in [0.2, 0.25) is 0 Å². The van der Waals surface area contributed by atoms with Crippen LogP contribution in [0.15, 0.2) is 24.3 Å². The summed E-state index contributed by atoms with van der Waals surface area (Å²) in [7, 11) is 0. The fraction of sp³-hybridized carbons (Fsp3) is 0.471. The van der Waals surface area contributed by atoms with Crippen LogP contribution >= 0.6 is 0 Å². The average Bonchev–Trinajstić information content (AvgIpc) is 2.58. The maximum absolute atomic E-state index is 13.2. The van der Waals surface area contributed by atoms with Gasteiger partial charge in [-0.2, -0.15) is 26.3 Å². The maximum Gasteiger partial charge on any atom is 0.433 e. The van der Waals surface area contributed by atoms with Crippen molar-refractivity contribution in [3.05, 3.63) is 41.1 Å². The van der Waals surface area contributed by atoms with Crippen molar-refractivity contribution in [3.8, 4) is 0 Å². The van der Waals surface area contributed by atoms with Gasteiger partial charge in [0.05, 0.1) is 17.2 Å². The summed E-state index contributed by atoms with van der Waals surface area (Å²) in [4.78, 5) is 3.22. The van der Waals surface area contributed by atoms with E-state index in [0.717, 1.165) is 18.9 Å². The van der Waals surface area contributed by atoms with E-state index in [1.54, 1.807) is 0 Å². The number of nitrogens with zero attached hydrogens (tertiary/aromatic N) is 1. The summed E-state index contributed by atoms with van der Waals surface area (Å²) in [6.45, 7) is 0.588. The lowest BCUT2D eigenvalue weighted by Gasteiger charge is -2.29. The molecule has 0 spiro atoms. The molecule has 2 atom stereocenters. The van der Waals surface area contributed by atoms with Crippen LogP contribution in [-0.2, 0) is 12.4 Å². The monoisotopic (exact) mass is 378 g/mol. The van der Waals surface area contributed by atoms with Crippen LogP contribution in [0.25, 0.3) is 10.9 Å². The second kappa shape index (κ2) is 6.70. The van der Waals surface area contributed by atoms with Crippen molar-refractivity contribution in [3.63, 3.8) is 0 Å². The lowest BCUT2D eigenvalue weighted by atomic mass is 9.91. The number of alkyl halides is 6. The maximum atomic E-state index is 13.2. The molecule has 1 unspecified atom stereocenters. The molecule has 1 saturated heterocycles. The van der Waals surface area contributed by atoms with E-state index in [4.69, 9.17) is 0 Å². The number of aliphatic hydroxyl groups is 1. The highest BCUT2D eigenvalue weighted by molar-refractivity contribution is 5.86. The molecule has 0 saturated carbocycles. The summed E-state index contributed by atoms with van der Waals surface area (Å²) in [5.74, 6) is 0. The molecule has 2 aromatic rings. The topological polar surface area (TPSA) is 45.2 Å². The Kier molecular flexibility index (Phi) is 4.87. The predicted molar refractivity (Wildman–Crippen MR) is 82.3 cm³/mol. The molecule has 1 fully saturated rings. The quantitative estimate of drug-likeness (QED) is 0.759. The Hall–Kier alpha value is -1.87. The van der Waals surface area contributed by atoms with E-state index in [0.29, 0.717) is 25.1 Å². The summed E-state index contributed by atoms with van der Waals surface area (Å²) < 4.78 is 79.3. The van der Waals surface area contributed by atoms with Crippen molar-refractivity contribution in [2.24, 2.45) is 0 Å². The van der Waals surface area contributed by atoms with E-state index in [1.165, 1.54) is 6.07 Å². The van der Waals surface area contributed by atoms with Crippen LogP contribution < -0.4 is 5.32 Å². The van der Waals surface area contributed by atoms with Crippen LogP contribution in [0.4, 0.5) is 26.3 Å². The third-order valence-corrected chi connectivity index (χ3v) is 4.52. The summed E-state index contributed by atoms with van der Waals surface area (Å²) in [6, 6.07) is 3.16. The van der Waals surface area contributed by atoms with Crippen LogP contribution in [0.3, 0.4) is 0 Å². The van der Waals surface area contributed by atoms with E-state index in [1.807, 2.05) is 0 Å². The zero-order chi connectivity index (χ0) is 19.1. The lowest BCUT2D eigenvalue weighted by Crippen LogP contribution is -2.39. The first-order valence-corrected chi connectivity index (χ1v) is 8.08. The third-order valence-electron chi connectivity index (χ3n) is 4.52. The van der Waals surface area contributed by atoms with Crippen LogP contribution in [0.2, 0.25) is 0 Å². The van der Waals surface area contributed by atoms with E-state index in [9.17, 15) is 31.4 Å². The Bertz CT molecular complexity index is 796. The molecule has 2 heterocycles. The second-order valence-electron chi connectivity index (χ2n) is 6.30. The van der Waals surface area contributed by atoms with Crippen LogP contribution in [0, 0.1) is 0 Å². The molecule has 3 nitrogen and oxygen atoms in total. The zero-order valence-electron chi connectivity index (χ0n) is 13.5. The van der Waals surface area contributed by atoms with Gasteiger partial charge < -0.3 is 10.4 Å².